The minimum atomic E-state index is -1.13. The van der Waals surface area contributed by atoms with E-state index >= 15 is 0 Å². The van der Waals surface area contributed by atoms with Crippen LogP contribution in [0.5, 0.6) is 0 Å². The van der Waals surface area contributed by atoms with Gasteiger partial charge in [0.05, 0.1) is 0 Å². The van der Waals surface area contributed by atoms with E-state index in [9.17, 15) is 14.4 Å². The van der Waals surface area contributed by atoms with Gasteiger partial charge in [0.15, 0.2) is 6.61 Å². The fraction of sp³-hybridized carbons (Fsp3) is 0.357. The van der Waals surface area contributed by atoms with Gasteiger partial charge in [-0.1, -0.05) is 24.3 Å². The van der Waals surface area contributed by atoms with Gasteiger partial charge < -0.3 is 15.2 Å². The number of carboxylic acid groups (broad SMARTS) is 1. The van der Waals surface area contributed by atoms with Crippen molar-refractivity contribution in [3.05, 3.63) is 35.4 Å². The van der Waals surface area contributed by atoms with Gasteiger partial charge in [0.1, 0.15) is 6.04 Å². The smallest absolute Gasteiger partial charge is 0.326 e. The maximum absolute atomic E-state index is 11.5. The SMILES string of the molecule is CC(=O)OCC(=O)N[C@@H](Cc1ccccc1C)C(=O)O. The molecule has 0 radical (unpaired) electrons. The van der Waals surface area contributed by atoms with Crippen LogP contribution in [-0.2, 0) is 25.5 Å². The zero-order chi connectivity index (χ0) is 15.1. The molecule has 0 aliphatic heterocycles. The van der Waals surface area contributed by atoms with E-state index in [-0.39, 0.29) is 6.42 Å². The average Bonchev–Trinajstić information content (AvgIpc) is 2.38. The summed E-state index contributed by atoms with van der Waals surface area (Å²) in [5, 5.41) is 11.5. The summed E-state index contributed by atoms with van der Waals surface area (Å²) < 4.78 is 4.51. The molecule has 20 heavy (non-hydrogen) atoms. The van der Waals surface area contributed by atoms with E-state index < -0.39 is 30.5 Å². The number of rotatable bonds is 6. The summed E-state index contributed by atoms with van der Waals surface area (Å²) in [6.45, 7) is 2.57. The number of aliphatic carboxylic acids is 1. The Kier molecular flexibility index (Phi) is 5.71. The van der Waals surface area contributed by atoms with E-state index in [2.05, 4.69) is 10.1 Å². The van der Waals surface area contributed by atoms with Crippen molar-refractivity contribution in [1.29, 1.82) is 0 Å². The first-order chi connectivity index (χ1) is 9.40. The van der Waals surface area contributed by atoms with Crippen molar-refractivity contribution in [2.45, 2.75) is 26.3 Å². The van der Waals surface area contributed by atoms with E-state index in [1.54, 1.807) is 0 Å². The fourth-order valence-corrected chi connectivity index (χ4v) is 1.66. The summed E-state index contributed by atoms with van der Waals surface area (Å²) in [5.74, 6) is -2.36. The molecule has 1 rings (SSSR count). The highest BCUT2D eigenvalue weighted by molar-refractivity contribution is 5.85. The molecular weight excluding hydrogens is 262 g/mol. The van der Waals surface area contributed by atoms with Crippen molar-refractivity contribution in [2.24, 2.45) is 0 Å². The molecule has 0 saturated carbocycles. The summed E-state index contributed by atoms with van der Waals surface area (Å²) >= 11 is 0. The molecule has 0 bridgehead atoms. The normalized spacial score (nSPS) is 11.5. The minimum Gasteiger partial charge on any atom is -0.480 e. The molecule has 0 fully saturated rings. The summed E-state index contributed by atoms with van der Waals surface area (Å²) in [7, 11) is 0. The van der Waals surface area contributed by atoms with Crippen molar-refractivity contribution in [3.8, 4) is 0 Å². The quantitative estimate of drug-likeness (QED) is 0.747. The number of carbonyl (C=O) groups excluding carboxylic acids is 2. The molecule has 1 aromatic carbocycles. The Morgan fingerprint density at radius 3 is 2.50 bits per heavy atom. The van der Waals surface area contributed by atoms with Crippen molar-refractivity contribution in [3.63, 3.8) is 0 Å². The number of benzene rings is 1. The maximum Gasteiger partial charge on any atom is 0.326 e. The second-order valence-corrected chi connectivity index (χ2v) is 4.37. The Balaban J connectivity index is 2.66. The molecule has 1 aromatic rings. The van der Waals surface area contributed by atoms with Gasteiger partial charge in [-0.2, -0.15) is 0 Å². The first-order valence-corrected chi connectivity index (χ1v) is 6.10. The highest BCUT2D eigenvalue weighted by atomic mass is 16.5. The Morgan fingerprint density at radius 2 is 1.95 bits per heavy atom. The van der Waals surface area contributed by atoms with E-state index in [1.807, 2.05) is 31.2 Å². The summed E-state index contributed by atoms with van der Waals surface area (Å²) in [6.07, 6.45) is 0.174. The van der Waals surface area contributed by atoms with Gasteiger partial charge in [-0.25, -0.2) is 4.79 Å². The molecule has 0 aliphatic rings. The van der Waals surface area contributed by atoms with E-state index in [4.69, 9.17) is 5.11 Å². The lowest BCUT2D eigenvalue weighted by Crippen LogP contribution is -2.44. The average molecular weight is 279 g/mol. The molecule has 1 atom stereocenters. The molecule has 108 valence electrons. The number of hydrogen-bond acceptors (Lipinski definition) is 4. The zero-order valence-electron chi connectivity index (χ0n) is 11.4. The highest BCUT2D eigenvalue weighted by Gasteiger charge is 2.21. The fourth-order valence-electron chi connectivity index (χ4n) is 1.66. The summed E-state index contributed by atoms with van der Waals surface area (Å²) in [4.78, 5) is 33.2. The van der Waals surface area contributed by atoms with Crippen LogP contribution in [0.1, 0.15) is 18.1 Å². The third-order valence-corrected chi connectivity index (χ3v) is 2.73. The molecule has 0 aromatic heterocycles. The maximum atomic E-state index is 11.5. The highest BCUT2D eigenvalue weighted by Crippen LogP contribution is 2.10. The molecule has 6 heteroatoms. The third-order valence-electron chi connectivity index (χ3n) is 2.73. The first-order valence-electron chi connectivity index (χ1n) is 6.10. The predicted octanol–water partition coefficient (Wildman–Crippen LogP) is 0.670. The van der Waals surface area contributed by atoms with Crippen LogP contribution < -0.4 is 5.32 Å². The zero-order valence-corrected chi connectivity index (χ0v) is 11.4. The lowest BCUT2D eigenvalue weighted by molar-refractivity contribution is -0.148. The van der Waals surface area contributed by atoms with Crippen LogP contribution >= 0.6 is 0 Å². The van der Waals surface area contributed by atoms with Crippen LogP contribution in [-0.4, -0.2) is 35.6 Å². The Bertz CT molecular complexity index is 512. The Morgan fingerprint density at radius 1 is 1.30 bits per heavy atom. The standard InChI is InChI=1S/C14H17NO5/c1-9-5-3-4-6-11(9)7-12(14(18)19)15-13(17)8-20-10(2)16/h3-6,12H,7-8H2,1-2H3,(H,15,17)(H,18,19)/t12-/m0/s1. The third kappa shape index (κ3) is 5.09. The molecule has 0 saturated heterocycles. The van der Waals surface area contributed by atoms with E-state index in [0.29, 0.717) is 0 Å². The molecule has 0 spiro atoms. The molecule has 0 unspecified atom stereocenters. The Labute approximate surface area is 116 Å². The molecule has 2 N–H and O–H groups in total. The summed E-state index contributed by atoms with van der Waals surface area (Å²) in [6, 6.07) is 6.29. The van der Waals surface area contributed by atoms with Crippen LogP contribution in [0.3, 0.4) is 0 Å². The minimum absolute atomic E-state index is 0.174. The monoisotopic (exact) mass is 279 g/mol. The van der Waals surface area contributed by atoms with Crippen LogP contribution in [0.25, 0.3) is 0 Å². The number of amides is 1. The predicted molar refractivity (Wildman–Crippen MR) is 71.1 cm³/mol. The molecule has 6 nitrogen and oxygen atoms in total. The largest absolute Gasteiger partial charge is 0.480 e. The van der Waals surface area contributed by atoms with Crippen molar-refractivity contribution in [1.82, 2.24) is 5.32 Å². The second kappa shape index (κ2) is 7.28. The van der Waals surface area contributed by atoms with E-state index in [0.717, 1.165) is 11.1 Å². The van der Waals surface area contributed by atoms with Gasteiger partial charge in [0, 0.05) is 13.3 Å². The number of esters is 1. The van der Waals surface area contributed by atoms with Gasteiger partial charge in [0.2, 0.25) is 0 Å². The lowest BCUT2D eigenvalue weighted by Gasteiger charge is -2.15. The molecule has 1 amide bonds. The molecular formula is C14H17NO5. The van der Waals surface area contributed by atoms with Gasteiger partial charge >= 0.3 is 11.9 Å². The van der Waals surface area contributed by atoms with Crippen LogP contribution in [0.4, 0.5) is 0 Å². The van der Waals surface area contributed by atoms with Gasteiger partial charge in [0.25, 0.3) is 5.91 Å². The van der Waals surface area contributed by atoms with Crippen LogP contribution in [0.15, 0.2) is 24.3 Å². The van der Waals surface area contributed by atoms with Gasteiger partial charge in [-0.15, -0.1) is 0 Å². The lowest BCUT2D eigenvalue weighted by atomic mass is 10.0. The number of aryl methyl sites for hydroxylation is 1. The number of carbonyl (C=O) groups is 3. The number of ether oxygens (including phenoxy) is 1. The number of carboxylic acids is 1. The van der Waals surface area contributed by atoms with Crippen LogP contribution in [0.2, 0.25) is 0 Å². The van der Waals surface area contributed by atoms with Crippen molar-refractivity contribution < 1.29 is 24.2 Å². The number of nitrogens with one attached hydrogen (secondary N) is 1. The van der Waals surface area contributed by atoms with Crippen LogP contribution in [0, 0.1) is 6.92 Å². The summed E-state index contributed by atoms with van der Waals surface area (Å²) in [5.41, 5.74) is 1.79. The first kappa shape index (κ1) is 15.7. The van der Waals surface area contributed by atoms with Crippen molar-refractivity contribution in [2.75, 3.05) is 6.61 Å². The number of hydrogen-bond donors (Lipinski definition) is 2. The Hall–Kier alpha value is -2.37. The molecule has 0 aliphatic carbocycles. The van der Waals surface area contributed by atoms with Crippen molar-refractivity contribution >= 4 is 17.8 Å². The van der Waals surface area contributed by atoms with Gasteiger partial charge in [-0.3, -0.25) is 9.59 Å². The second-order valence-electron chi connectivity index (χ2n) is 4.37. The molecule has 0 heterocycles. The van der Waals surface area contributed by atoms with Gasteiger partial charge in [-0.05, 0) is 18.1 Å². The topological polar surface area (TPSA) is 92.7 Å². The van der Waals surface area contributed by atoms with E-state index in [1.165, 1.54) is 6.92 Å².